The lowest BCUT2D eigenvalue weighted by Gasteiger charge is -2.43. The Kier molecular flexibility index (Phi) is 3.83. The van der Waals surface area contributed by atoms with E-state index in [1.54, 1.807) is 0 Å². The van der Waals surface area contributed by atoms with Gasteiger partial charge < -0.3 is 14.7 Å². The van der Waals surface area contributed by atoms with Gasteiger partial charge in [-0.1, -0.05) is 12.5 Å². The van der Waals surface area contributed by atoms with Gasteiger partial charge >= 0.3 is 0 Å². The van der Waals surface area contributed by atoms with Crippen LogP contribution in [-0.2, 0) is 4.74 Å². The second kappa shape index (κ2) is 5.36. The maximum absolute atomic E-state index is 9.99. The van der Waals surface area contributed by atoms with E-state index in [1.165, 1.54) is 42.7 Å². The topological polar surface area (TPSA) is 32.7 Å². The van der Waals surface area contributed by atoms with Crippen LogP contribution in [0.15, 0.2) is 35.5 Å². The van der Waals surface area contributed by atoms with Gasteiger partial charge in [0.05, 0.1) is 17.2 Å². The van der Waals surface area contributed by atoms with Gasteiger partial charge in [-0.05, 0) is 44.6 Å². The zero-order valence-corrected chi connectivity index (χ0v) is 13.4. The van der Waals surface area contributed by atoms with E-state index < -0.39 is 0 Å². The summed E-state index contributed by atoms with van der Waals surface area (Å²) in [4.78, 5) is 2.27. The summed E-state index contributed by atoms with van der Waals surface area (Å²) in [6.07, 6.45) is 14.4. The smallest absolute Gasteiger partial charge is 0.127 e. The van der Waals surface area contributed by atoms with Crippen LogP contribution < -0.4 is 0 Å². The van der Waals surface area contributed by atoms with Crippen LogP contribution in [-0.4, -0.2) is 22.2 Å². The van der Waals surface area contributed by atoms with Crippen molar-refractivity contribution in [2.24, 2.45) is 5.41 Å². The van der Waals surface area contributed by atoms with Gasteiger partial charge in [-0.25, -0.2) is 0 Å². The Labute approximate surface area is 132 Å². The van der Waals surface area contributed by atoms with Crippen molar-refractivity contribution in [3.8, 4) is 0 Å². The number of nitrogens with zero attached hydrogens (tertiary/aromatic N) is 1. The van der Waals surface area contributed by atoms with E-state index in [1.807, 2.05) is 6.92 Å². The van der Waals surface area contributed by atoms with Crippen molar-refractivity contribution < 1.29 is 9.84 Å². The molecule has 3 nitrogen and oxygen atoms in total. The van der Waals surface area contributed by atoms with Crippen LogP contribution in [0.5, 0.6) is 0 Å². The molecular weight excluding hydrogens is 286 g/mol. The molecule has 4 rings (SSSR count). The van der Waals surface area contributed by atoms with Crippen molar-refractivity contribution in [3.63, 3.8) is 0 Å². The highest BCUT2D eigenvalue weighted by molar-refractivity contribution is 5.85. The Hall–Kier alpha value is -0.930. The minimum absolute atomic E-state index is 0. The van der Waals surface area contributed by atoms with Crippen LogP contribution in [0.2, 0.25) is 0 Å². The summed E-state index contributed by atoms with van der Waals surface area (Å²) >= 11 is 0. The van der Waals surface area contributed by atoms with E-state index in [-0.39, 0.29) is 30.0 Å². The van der Waals surface area contributed by atoms with E-state index in [0.29, 0.717) is 0 Å². The molecule has 1 aliphatic carbocycles. The Bertz CT molecular complexity index is 523. The molecular formula is C17H24ClNO2. The number of aliphatic hydroxyl groups excluding tert-OH is 1. The third-order valence-electron chi connectivity index (χ3n) is 5.39. The lowest BCUT2D eigenvalue weighted by Crippen LogP contribution is -2.34. The highest BCUT2D eigenvalue weighted by atomic mass is 35.5. The summed E-state index contributed by atoms with van der Waals surface area (Å²) in [6, 6.07) is 0. The molecule has 2 fully saturated rings. The molecule has 1 saturated carbocycles. The first kappa shape index (κ1) is 15.0. The van der Waals surface area contributed by atoms with Gasteiger partial charge in [0.1, 0.15) is 11.9 Å². The molecule has 0 bridgehead atoms. The number of rotatable bonds is 1. The number of ether oxygens (including phenoxy) is 1. The highest BCUT2D eigenvalue weighted by Gasteiger charge is 2.53. The molecule has 0 amide bonds. The zero-order valence-electron chi connectivity index (χ0n) is 12.5. The molecule has 0 aromatic rings. The first-order chi connectivity index (χ1) is 9.71. The first-order valence-electron chi connectivity index (χ1n) is 7.95. The molecule has 1 saturated heterocycles. The van der Waals surface area contributed by atoms with Gasteiger partial charge in [0.2, 0.25) is 0 Å². The van der Waals surface area contributed by atoms with Crippen LogP contribution in [0.3, 0.4) is 0 Å². The molecule has 0 aromatic carbocycles. The summed E-state index contributed by atoms with van der Waals surface area (Å²) in [5, 5.41) is 9.99. The normalized spacial score (nSPS) is 35.0. The predicted molar refractivity (Wildman–Crippen MR) is 84.6 cm³/mol. The fourth-order valence-corrected chi connectivity index (χ4v) is 4.32. The largest absolute Gasteiger partial charge is 0.489 e. The third-order valence-corrected chi connectivity index (χ3v) is 5.39. The molecule has 4 aliphatic rings. The molecule has 116 valence electrons. The van der Waals surface area contributed by atoms with Crippen molar-refractivity contribution in [2.75, 3.05) is 0 Å². The van der Waals surface area contributed by atoms with Crippen molar-refractivity contribution in [3.05, 3.63) is 35.5 Å². The second-order valence-corrected chi connectivity index (χ2v) is 6.65. The minimum atomic E-state index is -0.390. The molecule has 1 N–H and O–H groups in total. The van der Waals surface area contributed by atoms with Gasteiger partial charge in [0.15, 0.2) is 0 Å². The second-order valence-electron chi connectivity index (χ2n) is 6.65. The zero-order chi connectivity index (χ0) is 13.7. The summed E-state index contributed by atoms with van der Waals surface area (Å²) in [5.41, 5.74) is 2.97. The Balaban J connectivity index is 0.00000132. The molecule has 0 radical (unpaired) electrons. The lowest BCUT2D eigenvalue weighted by atomic mass is 9.65. The van der Waals surface area contributed by atoms with E-state index in [2.05, 4.69) is 23.4 Å². The van der Waals surface area contributed by atoms with Crippen LogP contribution in [0.25, 0.3) is 0 Å². The Morgan fingerprint density at radius 1 is 1.38 bits per heavy atom. The number of allylic oxidation sites excluding steroid dienone is 3. The van der Waals surface area contributed by atoms with Crippen LogP contribution in [0, 0.1) is 5.41 Å². The summed E-state index contributed by atoms with van der Waals surface area (Å²) in [5.74, 6) is 1.19. The molecule has 3 unspecified atom stereocenters. The van der Waals surface area contributed by atoms with Crippen molar-refractivity contribution in [1.29, 1.82) is 0 Å². The molecule has 3 atom stereocenters. The Morgan fingerprint density at radius 2 is 2.24 bits per heavy atom. The van der Waals surface area contributed by atoms with Gasteiger partial charge in [-0.3, -0.25) is 0 Å². The monoisotopic (exact) mass is 309 g/mol. The molecule has 21 heavy (non-hydrogen) atoms. The number of aliphatic hydroxyl groups is 1. The van der Waals surface area contributed by atoms with Crippen LogP contribution >= 0.6 is 12.4 Å². The summed E-state index contributed by atoms with van der Waals surface area (Å²) < 4.78 is 6.27. The third kappa shape index (κ3) is 2.13. The number of fused-ring (bicyclic) bond motifs is 1. The highest BCUT2D eigenvalue weighted by Crippen LogP contribution is 2.59. The first-order valence-corrected chi connectivity index (χ1v) is 7.95. The lowest BCUT2D eigenvalue weighted by molar-refractivity contribution is 0.0296. The summed E-state index contributed by atoms with van der Waals surface area (Å²) in [6.45, 7) is 1.86. The number of halogens is 1. The van der Waals surface area contributed by atoms with Gasteiger partial charge in [0.25, 0.3) is 0 Å². The quantitative estimate of drug-likeness (QED) is 0.798. The van der Waals surface area contributed by atoms with Gasteiger partial charge in [-0.2, -0.15) is 0 Å². The molecule has 4 heteroatoms. The van der Waals surface area contributed by atoms with E-state index >= 15 is 0 Å². The SMILES string of the molecule is CC(O)C1CC23CCCCC2=CN2C=CCCC2=C3O1.Cl. The fraction of sp³-hybridized carbons (Fsp3) is 0.647. The average Bonchev–Trinajstić information content (AvgIpc) is 2.85. The molecule has 1 spiro atoms. The minimum Gasteiger partial charge on any atom is -0.489 e. The van der Waals surface area contributed by atoms with E-state index in [4.69, 9.17) is 4.74 Å². The van der Waals surface area contributed by atoms with Crippen molar-refractivity contribution in [2.45, 2.75) is 64.1 Å². The van der Waals surface area contributed by atoms with Crippen molar-refractivity contribution >= 4 is 12.4 Å². The van der Waals surface area contributed by atoms with Gasteiger partial charge in [-0.15, -0.1) is 12.4 Å². The fourth-order valence-electron chi connectivity index (χ4n) is 4.32. The molecule has 3 heterocycles. The maximum Gasteiger partial charge on any atom is 0.127 e. The van der Waals surface area contributed by atoms with Crippen LogP contribution in [0.4, 0.5) is 0 Å². The van der Waals surface area contributed by atoms with Crippen molar-refractivity contribution in [1.82, 2.24) is 4.90 Å². The van der Waals surface area contributed by atoms with Crippen LogP contribution in [0.1, 0.15) is 51.9 Å². The average molecular weight is 310 g/mol. The number of hydrogen-bond donors (Lipinski definition) is 1. The molecule has 0 aromatic heterocycles. The Morgan fingerprint density at radius 3 is 3.05 bits per heavy atom. The predicted octanol–water partition coefficient (Wildman–Crippen LogP) is 3.86. The standard InChI is InChI=1S/C17H23NO2.ClH/c1-12(19)15-10-17-8-4-2-6-13(17)11-18-9-5-3-7-14(18)16(17)20-15;/h5,9,11-12,15,19H,2-4,6-8,10H2,1H3;1H. The summed E-state index contributed by atoms with van der Waals surface area (Å²) in [7, 11) is 0. The van der Waals surface area contributed by atoms with Gasteiger partial charge in [0, 0.05) is 18.8 Å². The van der Waals surface area contributed by atoms with E-state index in [9.17, 15) is 5.11 Å². The van der Waals surface area contributed by atoms with E-state index in [0.717, 1.165) is 19.3 Å². The number of hydrogen-bond acceptors (Lipinski definition) is 3. The maximum atomic E-state index is 9.99. The molecule has 3 aliphatic heterocycles.